The molecule has 0 amide bonds. The van der Waals surface area contributed by atoms with Crippen molar-refractivity contribution >= 4 is 33.6 Å². The van der Waals surface area contributed by atoms with Crippen LogP contribution in [-0.4, -0.2) is 32.9 Å². The fourth-order valence-electron chi connectivity index (χ4n) is 4.22. The number of methoxy groups -OCH3 is 1. The number of carbonyl (C=O) groups excluding carboxylic acids is 1. The van der Waals surface area contributed by atoms with Crippen molar-refractivity contribution < 1.29 is 19.0 Å². The van der Waals surface area contributed by atoms with Gasteiger partial charge in [-0.25, -0.2) is 0 Å². The van der Waals surface area contributed by atoms with E-state index in [1.54, 1.807) is 7.11 Å². The Morgan fingerprint density at radius 1 is 0.912 bits per heavy atom. The molecule has 0 fully saturated rings. The quantitative estimate of drug-likeness (QED) is 0.204. The average molecular weight is 455 g/mol. The Balaban J connectivity index is 1.40. The van der Waals surface area contributed by atoms with E-state index in [4.69, 9.17) is 14.2 Å². The molecule has 0 radical (unpaired) electrons. The molecule has 0 heterocycles. The number of hydrogen-bond acceptors (Lipinski definition) is 4. The number of ether oxygens (including phenoxy) is 3. The molecule has 4 heteroatoms. The van der Waals surface area contributed by atoms with Crippen LogP contribution in [0.5, 0.6) is 5.75 Å². The molecule has 4 aromatic carbocycles. The van der Waals surface area contributed by atoms with E-state index in [0.717, 1.165) is 11.3 Å². The normalized spacial score (nSPS) is 12.3. The zero-order chi connectivity index (χ0) is 23.8. The first-order valence-corrected chi connectivity index (χ1v) is 11.6. The van der Waals surface area contributed by atoms with Crippen molar-refractivity contribution in [3.05, 3.63) is 96.1 Å². The first-order valence-electron chi connectivity index (χ1n) is 11.6. The molecule has 1 unspecified atom stereocenters. The summed E-state index contributed by atoms with van der Waals surface area (Å²) in [7, 11) is 1.59. The van der Waals surface area contributed by atoms with Crippen LogP contribution in [0.1, 0.15) is 18.1 Å². The summed E-state index contributed by atoms with van der Waals surface area (Å²) in [6.45, 7) is 2.99. The van der Waals surface area contributed by atoms with Crippen molar-refractivity contribution in [2.45, 2.75) is 13.3 Å². The Morgan fingerprint density at radius 2 is 1.62 bits per heavy atom. The predicted molar refractivity (Wildman–Crippen MR) is 138 cm³/mol. The topological polar surface area (TPSA) is 44.8 Å². The third-order valence-electron chi connectivity index (χ3n) is 5.84. The number of carbonyl (C=O) groups is 1. The molecule has 174 valence electrons. The Hall–Kier alpha value is -3.63. The van der Waals surface area contributed by atoms with E-state index in [9.17, 15) is 4.79 Å². The predicted octanol–water partition coefficient (Wildman–Crippen LogP) is 6.45. The van der Waals surface area contributed by atoms with Gasteiger partial charge in [-0.15, -0.1) is 0 Å². The molecular formula is C30H30O4. The summed E-state index contributed by atoms with van der Waals surface area (Å²) in [5.74, 6) is 0.253. The summed E-state index contributed by atoms with van der Waals surface area (Å²) in [5, 5.41) is 4.98. The molecule has 4 nitrogen and oxygen atoms in total. The van der Waals surface area contributed by atoms with Gasteiger partial charge in [0.25, 0.3) is 0 Å². The van der Waals surface area contributed by atoms with E-state index < -0.39 is 0 Å². The molecule has 0 aliphatic rings. The van der Waals surface area contributed by atoms with Crippen LogP contribution < -0.4 is 4.74 Å². The second-order valence-electron chi connectivity index (χ2n) is 8.20. The van der Waals surface area contributed by atoms with Gasteiger partial charge in [-0.2, -0.15) is 0 Å². The first kappa shape index (κ1) is 23.5. The van der Waals surface area contributed by atoms with Gasteiger partial charge in [0.1, 0.15) is 12.4 Å². The van der Waals surface area contributed by atoms with Gasteiger partial charge in [0.15, 0.2) is 0 Å². The molecule has 0 aliphatic carbocycles. The smallest absolute Gasteiger partial charge is 0.311 e. The average Bonchev–Trinajstić information content (AvgIpc) is 2.87. The van der Waals surface area contributed by atoms with Crippen molar-refractivity contribution in [3.8, 4) is 5.75 Å². The molecule has 0 saturated heterocycles. The number of hydrogen-bond donors (Lipinski definition) is 0. The minimum atomic E-state index is -0.309. The number of fused-ring (bicyclic) bond motifs is 3. The maximum Gasteiger partial charge on any atom is 0.311 e. The van der Waals surface area contributed by atoms with Gasteiger partial charge in [-0.3, -0.25) is 4.79 Å². The van der Waals surface area contributed by atoms with Crippen molar-refractivity contribution in [2.24, 2.45) is 5.92 Å². The molecule has 0 aliphatic heterocycles. The molecule has 4 rings (SSSR count). The third kappa shape index (κ3) is 5.64. The van der Waals surface area contributed by atoms with Crippen LogP contribution in [0.4, 0.5) is 0 Å². The molecular weight excluding hydrogens is 424 g/mol. The lowest BCUT2D eigenvalue weighted by Gasteiger charge is -2.15. The van der Waals surface area contributed by atoms with Crippen LogP contribution >= 0.6 is 0 Å². The van der Waals surface area contributed by atoms with Crippen LogP contribution in [0.15, 0.2) is 84.9 Å². The van der Waals surface area contributed by atoms with E-state index in [2.05, 4.69) is 60.7 Å². The fourth-order valence-corrected chi connectivity index (χ4v) is 4.22. The first-order chi connectivity index (χ1) is 16.7. The maximum atomic E-state index is 12.1. The van der Waals surface area contributed by atoms with E-state index in [1.807, 2.05) is 37.3 Å². The second-order valence-corrected chi connectivity index (χ2v) is 8.20. The van der Waals surface area contributed by atoms with Crippen molar-refractivity contribution in [1.29, 1.82) is 0 Å². The summed E-state index contributed by atoms with van der Waals surface area (Å²) in [6.07, 6.45) is 4.74. The van der Waals surface area contributed by atoms with Gasteiger partial charge in [-0.05, 0) is 70.3 Å². The molecule has 4 aromatic rings. The molecule has 0 aromatic heterocycles. The zero-order valence-electron chi connectivity index (χ0n) is 19.7. The van der Waals surface area contributed by atoms with E-state index in [1.165, 1.54) is 27.1 Å². The molecule has 0 N–H and O–H groups in total. The standard InChI is InChI=1S/C30H30O4/c1-3-33-30(31)25(21-32-2)19-22-14-16-26(17-15-22)34-18-8-10-24-20-23-9-4-5-11-27(23)29-13-7-6-12-28(24)29/h4-17,20,25H,3,18-19,21H2,1-2H3/b10-8+. The zero-order valence-corrected chi connectivity index (χ0v) is 19.7. The van der Waals surface area contributed by atoms with Crippen LogP contribution in [0, 0.1) is 5.92 Å². The Bertz CT molecular complexity index is 1270. The number of benzene rings is 4. The Morgan fingerprint density at radius 3 is 2.35 bits per heavy atom. The highest BCUT2D eigenvalue weighted by Crippen LogP contribution is 2.29. The molecule has 0 bridgehead atoms. The highest BCUT2D eigenvalue weighted by molar-refractivity contribution is 6.10. The number of esters is 1. The summed E-state index contributed by atoms with van der Waals surface area (Å²) < 4.78 is 16.3. The largest absolute Gasteiger partial charge is 0.490 e. The maximum absolute atomic E-state index is 12.1. The highest BCUT2D eigenvalue weighted by Gasteiger charge is 2.20. The monoisotopic (exact) mass is 454 g/mol. The molecule has 0 saturated carbocycles. The highest BCUT2D eigenvalue weighted by atomic mass is 16.5. The van der Waals surface area contributed by atoms with Crippen molar-refractivity contribution in [2.75, 3.05) is 26.9 Å². The fraction of sp³-hybridized carbons (Fsp3) is 0.233. The Kier molecular flexibility index (Phi) is 7.95. The van der Waals surface area contributed by atoms with E-state index in [-0.39, 0.29) is 11.9 Å². The van der Waals surface area contributed by atoms with Gasteiger partial charge in [0.2, 0.25) is 0 Å². The summed E-state index contributed by atoms with van der Waals surface area (Å²) in [6, 6.07) is 27.0. The van der Waals surface area contributed by atoms with Gasteiger partial charge in [0, 0.05) is 7.11 Å². The lowest BCUT2D eigenvalue weighted by molar-refractivity contribution is -0.149. The van der Waals surface area contributed by atoms with Crippen molar-refractivity contribution in [1.82, 2.24) is 0 Å². The van der Waals surface area contributed by atoms with E-state index >= 15 is 0 Å². The molecule has 1 atom stereocenters. The summed E-state index contributed by atoms with van der Waals surface area (Å²) >= 11 is 0. The SMILES string of the molecule is CCOC(=O)C(COC)Cc1ccc(OC/C=C/c2cc3ccccc3c3ccccc23)cc1. The van der Waals surface area contributed by atoms with Gasteiger partial charge in [0.05, 0.1) is 19.1 Å². The van der Waals surface area contributed by atoms with E-state index in [0.29, 0.717) is 26.2 Å². The van der Waals surface area contributed by atoms with Crippen LogP contribution in [0.3, 0.4) is 0 Å². The second kappa shape index (κ2) is 11.5. The van der Waals surface area contributed by atoms with Crippen molar-refractivity contribution in [3.63, 3.8) is 0 Å². The lowest BCUT2D eigenvalue weighted by atomic mass is 9.97. The lowest BCUT2D eigenvalue weighted by Crippen LogP contribution is -2.24. The van der Waals surface area contributed by atoms with Crippen LogP contribution in [0.2, 0.25) is 0 Å². The summed E-state index contributed by atoms with van der Waals surface area (Å²) in [5.41, 5.74) is 2.22. The number of rotatable bonds is 10. The minimum absolute atomic E-state index is 0.226. The van der Waals surface area contributed by atoms with Gasteiger partial charge in [-0.1, -0.05) is 66.7 Å². The van der Waals surface area contributed by atoms with Gasteiger partial charge < -0.3 is 14.2 Å². The third-order valence-corrected chi connectivity index (χ3v) is 5.84. The van der Waals surface area contributed by atoms with Gasteiger partial charge >= 0.3 is 5.97 Å². The van der Waals surface area contributed by atoms with Crippen LogP contribution in [-0.2, 0) is 20.7 Å². The summed E-state index contributed by atoms with van der Waals surface area (Å²) in [4.78, 5) is 12.1. The molecule has 0 spiro atoms. The minimum Gasteiger partial charge on any atom is -0.490 e. The van der Waals surface area contributed by atoms with Crippen LogP contribution in [0.25, 0.3) is 27.6 Å². The molecule has 34 heavy (non-hydrogen) atoms. The Labute approximate surface area is 200 Å².